The summed E-state index contributed by atoms with van der Waals surface area (Å²) in [5.74, 6) is 0.896. The van der Waals surface area contributed by atoms with Crippen molar-refractivity contribution >= 4 is 15.9 Å². The van der Waals surface area contributed by atoms with Gasteiger partial charge in [-0.15, -0.1) is 0 Å². The minimum atomic E-state index is 0.110. The van der Waals surface area contributed by atoms with E-state index in [9.17, 15) is 0 Å². The maximum atomic E-state index is 4.42. The first-order valence-corrected chi connectivity index (χ1v) is 6.79. The van der Waals surface area contributed by atoms with Crippen LogP contribution in [0.3, 0.4) is 0 Å². The molecule has 2 aromatic rings. The first kappa shape index (κ1) is 13.3. The highest BCUT2D eigenvalue weighted by Crippen LogP contribution is 2.25. The molecular weight excluding hydrogens is 290 g/mol. The fourth-order valence-electron chi connectivity index (χ4n) is 1.60. The zero-order valence-electron chi connectivity index (χ0n) is 10.9. The largest absolute Gasteiger partial charge is 0.341 e. The number of aromatic nitrogens is 2. The highest BCUT2D eigenvalue weighted by atomic mass is 79.9. The Labute approximate surface area is 116 Å². The summed E-state index contributed by atoms with van der Waals surface area (Å²) in [6.45, 7) is 7.25. The number of nitrogens with zero attached hydrogens (tertiary/aromatic N) is 1. The number of imidazole rings is 1. The third kappa shape index (κ3) is 3.43. The van der Waals surface area contributed by atoms with E-state index in [-0.39, 0.29) is 5.54 Å². The van der Waals surface area contributed by atoms with E-state index in [1.807, 2.05) is 30.5 Å². The fourth-order valence-corrected chi connectivity index (χ4v) is 2.07. The highest BCUT2D eigenvalue weighted by Gasteiger charge is 2.10. The molecule has 1 aromatic heterocycles. The van der Waals surface area contributed by atoms with E-state index >= 15 is 0 Å². The minimum absolute atomic E-state index is 0.110. The maximum Gasteiger partial charge on any atom is 0.138 e. The van der Waals surface area contributed by atoms with Gasteiger partial charge in [-0.3, -0.25) is 0 Å². The van der Waals surface area contributed by atoms with Gasteiger partial charge in [0, 0.05) is 34.0 Å². The van der Waals surface area contributed by atoms with Crippen LogP contribution in [-0.4, -0.2) is 15.5 Å². The van der Waals surface area contributed by atoms with Gasteiger partial charge in [-0.2, -0.15) is 0 Å². The van der Waals surface area contributed by atoms with Crippen LogP contribution in [0, 0.1) is 0 Å². The van der Waals surface area contributed by atoms with Crippen LogP contribution in [-0.2, 0) is 6.54 Å². The maximum absolute atomic E-state index is 4.42. The summed E-state index contributed by atoms with van der Waals surface area (Å²) in [6, 6.07) is 8.07. The number of halogens is 1. The van der Waals surface area contributed by atoms with Crippen molar-refractivity contribution in [3.8, 4) is 11.4 Å². The lowest BCUT2D eigenvalue weighted by Gasteiger charge is -2.19. The van der Waals surface area contributed by atoms with Crippen molar-refractivity contribution in [2.24, 2.45) is 0 Å². The Kier molecular flexibility index (Phi) is 3.88. The van der Waals surface area contributed by atoms with Gasteiger partial charge in [-0.05, 0) is 26.8 Å². The molecule has 0 saturated carbocycles. The quantitative estimate of drug-likeness (QED) is 0.907. The Morgan fingerprint density at radius 2 is 2.00 bits per heavy atom. The van der Waals surface area contributed by atoms with Gasteiger partial charge in [0.05, 0.1) is 0 Å². The van der Waals surface area contributed by atoms with E-state index in [2.05, 4.69) is 52.0 Å². The van der Waals surface area contributed by atoms with Crippen LogP contribution >= 0.6 is 15.9 Å². The van der Waals surface area contributed by atoms with Crippen molar-refractivity contribution in [3.63, 3.8) is 0 Å². The van der Waals surface area contributed by atoms with E-state index in [1.165, 1.54) is 0 Å². The lowest BCUT2D eigenvalue weighted by molar-refractivity contribution is 0.422. The summed E-state index contributed by atoms with van der Waals surface area (Å²) in [5, 5.41) is 3.43. The van der Waals surface area contributed by atoms with Crippen molar-refractivity contribution < 1.29 is 0 Å². The van der Waals surface area contributed by atoms with E-state index < -0.39 is 0 Å². The molecule has 0 saturated heterocycles. The van der Waals surface area contributed by atoms with Crippen LogP contribution in [0.2, 0.25) is 0 Å². The van der Waals surface area contributed by atoms with Crippen LogP contribution in [0.4, 0.5) is 0 Å². The monoisotopic (exact) mass is 307 g/mol. The molecule has 0 aliphatic carbocycles. The van der Waals surface area contributed by atoms with Crippen molar-refractivity contribution in [1.82, 2.24) is 15.3 Å². The second-order valence-electron chi connectivity index (χ2n) is 5.34. The average molecular weight is 308 g/mol. The van der Waals surface area contributed by atoms with Gasteiger partial charge in [-0.25, -0.2) is 4.98 Å². The topological polar surface area (TPSA) is 40.7 Å². The third-order valence-electron chi connectivity index (χ3n) is 2.57. The second-order valence-corrected chi connectivity index (χ2v) is 6.19. The second kappa shape index (κ2) is 5.24. The third-order valence-corrected chi connectivity index (χ3v) is 3.26. The summed E-state index contributed by atoms with van der Waals surface area (Å²) in [4.78, 5) is 7.76. The molecule has 0 radical (unpaired) electrons. The number of rotatable bonds is 3. The Hall–Kier alpha value is -1.13. The molecule has 2 rings (SSSR count). The molecule has 4 heteroatoms. The standard InChI is InChI=1S/C14H18BrN3/c1-14(2,3)17-9-10-8-16-13(18-10)11-6-4-5-7-12(11)15/h4-8,17H,9H2,1-3H3,(H,16,18). The molecule has 0 fully saturated rings. The number of H-pyrrole nitrogens is 1. The van der Waals surface area contributed by atoms with E-state index in [0.29, 0.717) is 0 Å². The highest BCUT2D eigenvalue weighted by molar-refractivity contribution is 9.10. The van der Waals surface area contributed by atoms with Crippen LogP contribution < -0.4 is 5.32 Å². The predicted octanol–water partition coefficient (Wildman–Crippen LogP) is 3.73. The Morgan fingerprint density at radius 1 is 1.28 bits per heavy atom. The zero-order chi connectivity index (χ0) is 13.2. The van der Waals surface area contributed by atoms with Crippen LogP contribution in [0.25, 0.3) is 11.4 Å². The average Bonchev–Trinajstić information content (AvgIpc) is 2.75. The normalized spacial score (nSPS) is 11.8. The molecule has 0 bridgehead atoms. The first-order chi connectivity index (χ1) is 8.46. The van der Waals surface area contributed by atoms with Crippen molar-refractivity contribution in [2.45, 2.75) is 32.9 Å². The number of benzene rings is 1. The van der Waals surface area contributed by atoms with Gasteiger partial charge in [0.2, 0.25) is 0 Å². The Morgan fingerprint density at radius 3 is 2.67 bits per heavy atom. The molecule has 3 nitrogen and oxygen atoms in total. The summed E-state index contributed by atoms with van der Waals surface area (Å²) in [7, 11) is 0. The van der Waals surface area contributed by atoms with Crippen molar-refractivity contribution in [2.75, 3.05) is 0 Å². The molecule has 1 heterocycles. The summed E-state index contributed by atoms with van der Waals surface area (Å²) in [5.41, 5.74) is 2.29. The van der Waals surface area contributed by atoms with Crippen LogP contribution in [0.5, 0.6) is 0 Å². The fraction of sp³-hybridized carbons (Fsp3) is 0.357. The molecular formula is C14H18BrN3. The molecule has 0 aliphatic rings. The van der Waals surface area contributed by atoms with E-state index in [1.54, 1.807) is 0 Å². The van der Waals surface area contributed by atoms with Gasteiger partial charge in [0.15, 0.2) is 0 Å². The van der Waals surface area contributed by atoms with Gasteiger partial charge >= 0.3 is 0 Å². The molecule has 0 amide bonds. The van der Waals surface area contributed by atoms with Gasteiger partial charge < -0.3 is 10.3 Å². The van der Waals surface area contributed by atoms with Crippen LogP contribution in [0.1, 0.15) is 26.5 Å². The number of hydrogen-bond acceptors (Lipinski definition) is 2. The Balaban J connectivity index is 2.14. The molecule has 0 atom stereocenters. The van der Waals surface area contributed by atoms with Gasteiger partial charge in [0.1, 0.15) is 5.82 Å². The van der Waals surface area contributed by atoms with Gasteiger partial charge in [0.25, 0.3) is 0 Å². The smallest absolute Gasteiger partial charge is 0.138 e. The Bertz CT molecular complexity index is 526. The SMILES string of the molecule is CC(C)(C)NCc1cnc(-c2ccccc2Br)[nH]1. The summed E-state index contributed by atoms with van der Waals surface area (Å²) < 4.78 is 1.05. The number of nitrogens with one attached hydrogen (secondary N) is 2. The number of aromatic amines is 1. The summed E-state index contributed by atoms with van der Waals surface area (Å²) >= 11 is 3.54. The molecule has 1 aromatic carbocycles. The molecule has 0 spiro atoms. The minimum Gasteiger partial charge on any atom is -0.341 e. The molecule has 96 valence electrons. The molecule has 2 N–H and O–H groups in total. The number of hydrogen-bond donors (Lipinski definition) is 2. The molecule has 0 aliphatic heterocycles. The molecule has 18 heavy (non-hydrogen) atoms. The predicted molar refractivity (Wildman–Crippen MR) is 78.3 cm³/mol. The van der Waals surface area contributed by atoms with Crippen LogP contribution in [0.15, 0.2) is 34.9 Å². The lowest BCUT2D eigenvalue weighted by atomic mass is 10.1. The lowest BCUT2D eigenvalue weighted by Crippen LogP contribution is -2.35. The zero-order valence-corrected chi connectivity index (χ0v) is 12.5. The summed E-state index contributed by atoms with van der Waals surface area (Å²) in [6.07, 6.45) is 1.88. The van der Waals surface area contributed by atoms with Gasteiger partial charge in [-0.1, -0.05) is 34.1 Å². The van der Waals surface area contributed by atoms with E-state index in [0.717, 1.165) is 28.1 Å². The van der Waals surface area contributed by atoms with E-state index in [4.69, 9.17) is 0 Å². The van der Waals surface area contributed by atoms with Crippen molar-refractivity contribution in [3.05, 3.63) is 40.6 Å². The van der Waals surface area contributed by atoms with Crippen molar-refractivity contribution in [1.29, 1.82) is 0 Å². The molecule has 0 unspecified atom stereocenters. The first-order valence-electron chi connectivity index (χ1n) is 5.99.